The van der Waals surface area contributed by atoms with Crippen LogP contribution in [0.5, 0.6) is 0 Å². The van der Waals surface area contributed by atoms with E-state index in [0.29, 0.717) is 22.4 Å². The van der Waals surface area contributed by atoms with Crippen molar-refractivity contribution in [2.24, 2.45) is 0 Å². The molecular weight excluding hydrogens is 250 g/mol. The van der Waals surface area contributed by atoms with Crippen LogP contribution in [0, 0.1) is 6.92 Å². The number of aromatic amines is 1. The van der Waals surface area contributed by atoms with Gasteiger partial charge in [0.05, 0.1) is 11.9 Å². The fourth-order valence-corrected chi connectivity index (χ4v) is 1.98. The van der Waals surface area contributed by atoms with E-state index in [0.717, 1.165) is 11.3 Å². The van der Waals surface area contributed by atoms with Gasteiger partial charge in [-0.1, -0.05) is 29.8 Å². The van der Waals surface area contributed by atoms with E-state index >= 15 is 0 Å². The molecule has 0 saturated carbocycles. The standard InChI is InChI=1S/C13H10ClN3O/c1-8-16-12(7-18-8)13-15-6-11(17-13)9-4-2-3-5-10(9)14/h2-7H,1H3,(H,15,17). The van der Waals surface area contributed by atoms with Gasteiger partial charge in [0, 0.05) is 17.5 Å². The summed E-state index contributed by atoms with van der Waals surface area (Å²) in [6, 6.07) is 7.61. The molecule has 0 amide bonds. The summed E-state index contributed by atoms with van der Waals surface area (Å²) in [5.74, 6) is 1.28. The topological polar surface area (TPSA) is 54.7 Å². The van der Waals surface area contributed by atoms with Crippen molar-refractivity contribution in [3.8, 4) is 22.8 Å². The SMILES string of the molecule is Cc1nc(-c2ncc(-c3ccccc3Cl)[nH]2)co1. The van der Waals surface area contributed by atoms with Crippen molar-refractivity contribution in [2.45, 2.75) is 6.92 Å². The lowest BCUT2D eigenvalue weighted by Crippen LogP contribution is -1.82. The van der Waals surface area contributed by atoms with Crippen molar-refractivity contribution < 1.29 is 4.42 Å². The largest absolute Gasteiger partial charge is 0.449 e. The number of nitrogens with one attached hydrogen (secondary N) is 1. The summed E-state index contributed by atoms with van der Waals surface area (Å²) < 4.78 is 5.16. The molecule has 0 saturated heterocycles. The van der Waals surface area contributed by atoms with Crippen molar-refractivity contribution >= 4 is 11.6 Å². The summed E-state index contributed by atoms with van der Waals surface area (Å²) in [5, 5.41) is 0.684. The molecule has 0 aliphatic carbocycles. The highest BCUT2D eigenvalue weighted by Gasteiger charge is 2.10. The number of imidazole rings is 1. The van der Waals surface area contributed by atoms with Gasteiger partial charge in [0.2, 0.25) is 0 Å². The number of H-pyrrole nitrogens is 1. The molecule has 2 heterocycles. The molecule has 0 aliphatic rings. The third-order valence-electron chi connectivity index (χ3n) is 2.60. The Kier molecular flexibility index (Phi) is 2.64. The summed E-state index contributed by atoms with van der Waals surface area (Å²) in [6.07, 6.45) is 3.31. The fraction of sp³-hybridized carbons (Fsp3) is 0.0769. The van der Waals surface area contributed by atoms with Crippen molar-refractivity contribution in [1.82, 2.24) is 15.0 Å². The van der Waals surface area contributed by atoms with Gasteiger partial charge in [-0.3, -0.25) is 0 Å². The Hall–Kier alpha value is -2.07. The van der Waals surface area contributed by atoms with Gasteiger partial charge in [-0.25, -0.2) is 9.97 Å². The van der Waals surface area contributed by atoms with Crippen molar-refractivity contribution in [3.63, 3.8) is 0 Å². The zero-order chi connectivity index (χ0) is 12.5. The number of hydrogen-bond donors (Lipinski definition) is 1. The molecule has 5 heteroatoms. The zero-order valence-electron chi connectivity index (χ0n) is 9.64. The maximum Gasteiger partial charge on any atom is 0.191 e. The van der Waals surface area contributed by atoms with E-state index in [1.54, 1.807) is 19.4 Å². The lowest BCUT2D eigenvalue weighted by Gasteiger charge is -1.99. The zero-order valence-corrected chi connectivity index (χ0v) is 10.4. The van der Waals surface area contributed by atoms with Gasteiger partial charge >= 0.3 is 0 Å². The molecule has 18 heavy (non-hydrogen) atoms. The molecule has 0 atom stereocenters. The van der Waals surface area contributed by atoms with E-state index in [-0.39, 0.29) is 0 Å². The van der Waals surface area contributed by atoms with E-state index in [9.17, 15) is 0 Å². The Balaban J connectivity index is 2.02. The second-order valence-electron chi connectivity index (χ2n) is 3.88. The fourth-order valence-electron chi connectivity index (χ4n) is 1.74. The average molecular weight is 260 g/mol. The van der Waals surface area contributed by atoms with Crippen LogP contribution in [0.2, 0.25) is 5.02 Å². The number of nitrogens with zero attached hydrogens (tertiary/aromatic N) is 2. The van der Waals surface area contributed by atoms with Gasteiger partial charge in [0.1, 0.15) is 12.0 Å². The minimum atomic E-state index is 0.612. The molecule has 3 rings (SSSR count). The summed E-state index contributed by atoms with van der Waals surface area (Å²) in [5.41, 5.74) is 2.46. The van der Waals surface area contributed by atoms with Crippen molar-refractivity contribution in [3.05, 3.63) is 47.6 Å². The van der Waals surface area contributed by atoms with Gasteiger partial charge in [-0.05, 0) is 6.07 Å². The van der Waals surface area contributed by atoms with Gasteiger partial charge in [-0.15, -0.1) is 0 Å². The second kappa shape index (κ2) is 4.31. The molecule has 0 bridgehead atoms. The number of benzene rings is 1. The van der Waals surface area contributed by atoms with Crippen LogP contribution in [0.4, 0.5) is 0 Å². The Morgan fingerprint density at radius 3 is 2.83 bits per heavy atom. The van der Waals surface area contributed by atoms with Crippen LogP contribution < -0.4 is 0 Å². The summed E-state index contributed by atoms with van der Waals surface area (Å²) in [6.45, 7) is 1.79. The van der Waals surface area contributed by atoms with E-state index in [4.69, 9.17) is 16.0 Å². The van der Waals surface area contributed by atoms with Crippen LogP contribution in [0.25, 0.3) is 22.8 Å². The predicted molar refractivity (Wildman–Crippen MR) is 69.3 cm³/mol. The lowest BCUT2D eigenvalue weighted by atomic mass is 10.2. The van der Waals surface area contributed by atoms with Crippen molar-refractivity contribution in [1.29, 1.82) is 0 Å². The first-order valence-electron chi connectivity index (χ1n) is 5.46. The maximum absolute atomic E-state index is 6.14. The molecule has 0 fully saturated rings. The Bertz CT molecular complexity index is 687. The number of hydrogen-bond acceptors (Lipinski definition) is 3. The molecule has 1 N–H and O–H groups in total. The minimum Gasteiger partial charge on any atom is -0.449 e. The second-order valence-corrected chi connectivity index (χ2v) is 4.28. The monoisotopic (exact) mass is 259 g/mol. The highest BCUT2D eigenvalue weighted by atomic mass is 35.5. The molecular formula is C13H10ClN3O. The Labute approximate surface area is 109 Å². The van der Waals surface area contributed by atoms with E-state index in [2.05, 4.69) is 15.0 Å². The maximum atomic E-state index is 6.14. The molecule has 4 nitrogen and oxygen atoms in total. The highest BCUT2D eigenvalue weighted by molar-refractivity contribution is 6.33. The van der Waals surface area contributed by atoms with Gasteiger partial charge in [0.25, 0.3) is 0 Å². The Morgan fingerprint density at radius 1 is 1.28 bits per heavy atom. The summed E-state index contributed by atoms with van der Waals surface area (Å²) in [4.78, 5) is 11.7. The average Bonchev–Trinajstić information content (AvgIpc) is 2.98. The number of aryl methyl sites for hydroxylation is 1. The molecule has 0 aliphatic heterocycles. The first-order valence-corrected chi connectivity index (χ1v) is 5.84. The Morgan fingerprint density at radius 2 is 2.11 bits per heavy atom. The van der Waals surface area contributed by atoms with Crippen LogP contribution in [0.15, 0.2) is 41.1 Å². The molecule has 90 valence electrons. The van der Waals surface area contributed by atoms with Crippen LogP contribution in [0.3, 0.4) is 0 Å². The number of oxazole rings is 1. The van der Waals surface area contributed by atoms with Crippen LogP contribution in [-0.4, -0.2) is 15.0 Å². The number of aromatic nitrogens is 3. The molecule has 0 spiro atoms. The van der Waals surface area contributed by atoms with Crippen LogP contribution in [-0.2, 0) is 0 Å². The van der Waals surface area contributed by atoms with Crippen LogP contribution in [0.1, 0.15) is 5.89 Å². The van der Waals surface area contributed by atoms with Crippen molar-refractivity contribution in [2.75, 3.05) is 0 Å². The molecule has 2 aromatic heterocycles. The van der Waals surface area contributed by atoms with Gasteiger partial charge < -0.3 is 9.40 Å². The summed E-state index contributed by atoms with van der Waals surface area (Å²) >= 11 is 6.14. The first kappa shape index (κ1) is 11.0. The quantitative estimate of drug-likeness (QED) is 0.764. The number of halogens is 1. The molecule has 0 radical (unpaired) electrons. The van der Waals surface area contributed by atoms with E-state index in [1.165, 1.54) is 0 Å². The smallest absolute Gasteiger partial charge is 0.191 e. The normalized spacial score (nSPS) is 10.8. The predicted octanol–water partition coefficient (Wildman–Crippen LogP) is 3.69. The minimum absolute atomic E-state index is 0.612. The van der Waals surface area contributed by atoms with E-state index < -0.39 is 0 Å². The van der Waals surface area contributed by atoms with Gasteiger partial charge in [-0.2, -0.15) is 0 Å². The third-order valence-corrected chi connectivity index (χ3v) is 2.93. The highest BCUT2D eigenvalue weighted by Crippen LogP contribution is 2.27. The summed E-state index contributed by atoms with van der Waals surface area (Å²) in [7, 11) is 0. The molecule has 1 aromatic carbocycles. The number of rotatable bonds is 2. The first-order chi connectivity index (χ1) is 8.74. The third kappa shape index (κ3) is 1.91. The lowest BCUT2D eigenvalue weighted by molar-refractivity contribution is 0.521. The molecule has 0 unspecified atom stereocenters. The van der Waals surface area contributed by atoms with Crippen LogP contribution >= 0.6 is 11.6 Å². The van der Waals surface area contributed by atoms with E-state index in [1.807, 2.05) is 24.3 Å². The molecule has 3 aromatic rings. The van der Waals surface area contributed by atoms with Gasteiger partial charge in [0.15, 0.2) is 11.7 Å².